The van der Waals surface area contributed by atoms with Crippen LogP contribution >= 0.6 is 22.9 Å². The van der Waals surface area contributed by atoms with Crippen molar-refractivity contribution in [1.82, 2.24) is 10.3 Å². The summed E-state index contributed by atoms with van der Waals surface area (Å²) in [6, 6.07) is 0. The first-order valence-corrected chi connectivity index (χ1v) is 7.34. The molecule has 0 aliphatic carbocycles. The molecule has 1 aromatic rings. The summed E-state index contributed by atoms with van der Waals surface area (Å²) in [5.41, 5.74) is 2.50. The van der Waals surface area contributed by atoms with E-state index in [1.54, 1.807) is 5.51 Å². The van der Waals surface area contributed by atoms with E-state index in [9.17, 15) is 4.79 Å². The molecule has 0 fully saturated rings. The summed E-state index contributed by atoms with van der Waals surface area (Å²) >= 11 is 7.14. The first-order chi connectivity index (χ1) is 8.19. The van der Waals surface area contributed by atoms with Gasteiger partial charge in [-0.15, -0.1) is 22.9 Å². The summed E-state index contributed by atoms with van der Waals surface area (Å²) in [5.74, 6) is 1.12. The normalized spacial score (nSPS) is 12.4. The third kappa shape index (κ3) is 4.64. The van der Waals surface area contributed by atoms with Gasteiger partial charge >= 0.3 is 0 Å². The predicted molar refractivity (Wildman–Crippen MR) is 72.9 cm³/mol. The molecule has 1 rings (SSSR count). The number of nitrogens with zero attached hydrogens (tertiary/aromatic N) is 1. The highest BCUT2D eigenvalue weighted by atomic mass is 35.5. The van der Waals surface area contributed by atoms with Crippen LogP contribution in [0.15, 0.2) is 5.51 Å². The molecule has 5 heteroatoms. The lowest BCUT2D eigenvalue weighted by Crippen LogP contribution is -2.29. The average molecular weight is 275 g/mol. The Hall–Kier alpha value is -0.610. The van der Waals surface area contributed by atoms with Crippen LogP contribution < -0.4 is 5.32 Å². The standard InChI is InChI=1S/C12H19ClN2OS/c1-3-4-10(5-6-13)7-14-12(16)11-9(2)15-8-17-11/h8,10H,3-7H2,1-2H3,(H,14,16). The number of amides is 1. The minimum atomic E-state index is -0.0133. The first-order valence-electron chi connectivity index (χ1n) is 5.93. The summed E-state index contributed by atoms with van der Waals surface area (Å²) in [5, 5.41) is 2.97. The summed E-state index contributed by atoms with van der Waals surface area (Å²) in [6.45, 7) is 4.71. The maximum atomic E-state index is 11.9. The predicted octanol–water partition coefficient (Wildman–Crippen LogP) is 3.23. The quantitative estimate of drug-likeness (QED) is 0.776. The molecule has 1 aromatic heterocycles. The second-order valence-electron chi connectivity index (χ2n) is 4.11. The monoisotopic (exact) mass is 274 g/mol. The third-order valence-corrected chi connectivity index (χ3v) is 3.86. The van der Waals surface area contributed by atoms with E-state index >= 15 is 0 Å². The van der Waals surface area contributed by atoms with Gasteiger partial charge in [-0.05, 0) is 25.7 Å². The smallest absolute Gasteiger partial charge is 0.263 e. The van der Waals surface area contributed by atoms with Crippen LogP contribution in [0.25, 0.3) is 0 Å². The maximum Gasteiger partial charge on any atom is 0.263 e. The van der Waals surface area contributed by atoms with Gasteiger partial charge < -0.3 is 5.32 Å². The Morgan fingerprint density at radius 3 is 2.88 bits per heavy atom. The zero-order valence-corrected chi connectivity index (χ0v) is 11.9. The molecule has 96 valence electrons. The highest BCUT2D eigenvalue weighted by Crippen LogP contribution is 2.14. The molecule has 1 unspecified atom stereocenters. The molecule has 0 aromatic carbocycles. The molecule has 0 spiro atoms. The van der Waals surface area contributed by atoms with Crippen LogP contribution in [-0.2, 0) is 0 Å². The van der Waals surface area contributed by atoms with Crippen molar-refractivity contribution >= 4 is 28.8 Å². The first kappa shape index (κ1) is 14.5. The van der Waals surface area contributed by atoms with Gasteiger partial charge in [0.25, 0.3) is 5.91 Å². The van der Waals surface area contributed by atoms with E-state index in [2.05, 4.69) is 17.2 Å². The van der Waals surface area contributed by atoms with Crippen molar-refractivity contribution in [1.29, 1.82) is 0 Å². The fourth-order valence-electron chi connectivity index (χ4n) is 1.75. The molecule has 0 saturated carbocycles. The van der Waals surface area contributed by atoms with Crippen LogP contribution in [-0.4, -0.2) is 23.3 Å². The van der Waals surface area contributed by atoms with Crippen molar-refractivity contribution in [3.63, 3.8) is 0 Å². The van der Waals surface area contributed by atoms with E-state index in [0.717, 1.165) is 25.0 Å². The largest absolute Gasteiger partial charge is 0.351 e. The van der Waals surface area contributed by atoms with Crippen LogP contribution in [0.3, 0.4) is 0 Å². The van der Waals surface area contributed by atoms with E-state index in [1.165, 1.54) is 11.3 Å². The fourth-order valence-corrected chi connectivity index (χ4v) is 2.78. The maximum absolute atomic E-state index is 11.9. The Kier molecular flexibility index (Phi) is 6.52. The van der Waals surface area contributed by atoms with E-state index < -0.39 is 0 Å². The molecule has 1 amide bonds. The molecule has 0 aliphatic heterocycles. The minimum absolute atomic E-state index is 0.0133. The molecule has 3 nitrogen and oxygen atoms in total. The molecule has 0 bridgehead atoms. The van der Waals surface area contributed by atoms with Crippen LogP contribution in [0.5, 0.6) is 0 Å². The van der Waals surface area contributed by atoms with Crippen molar-refractivity contribution in [3.8, 4) is 0 Å². The summed E-state index contributed by atoms with van der Waals surface area (Å²) in [4.78, 5) is 16.7. The Morgan fingerprint density at radius 2 is 2.35 bits per heavy atom. The summed E-state index contributed by atoms with van der Waals surface area (Å²) < 4.78 is 0. The number of thiazole rings is 1. The minimum Gasteiger partial charge on any atom is -0.351 e. The number of carbonyl (C=O) groups excluding carboxylic acids is 1. The number of carbonyl (C=O) groups is 1. The summed E-state index contributed by atoms with van der Waals surface area (Å²) in [7, 11) is 0. The van der Waals surface area contributed by atoms with E-state index in [-0.39, 0.29) is 5.91 Å². The second-order valence-corrected chi connectivity index (χ2v) is 5.34. The Bertz CT molecular complexity index is 348. The van der Waals surface area contributed by atoms with E-state index in [4.69, 9.17) is 11.6 Å². The number of rotatable bonds is 7. The molecule has 1 heterocycles. The number of aromatic nitrogens is 1. The van der Waals surface area contributed by atoms with Gasteiger partial charge in [0.1, 0.15) is 4.88 Å². The van der Waals surface area contributed by atoms with Crippen LogP contribution in [0.4, 0.5) is 0 Å². The Balaban J connectivity index is 2.43. The Labute approximate surface area is 112 Å². The van der Waals surface area contributed by atoms with Gasteiger partial charge in [0.2, 0.25) is 0 Å². The van der Waals surface area contributed by atoms with Gasteiger partial charge in [0, 0.05) is 12.4 Å². The van der Waals surface area contributed by atoms with Gasteiger partial charge in [-0.2, -0.15) is 0 Å². The number of aryl methyl sites for hydroxylation is 1. The molecular weight excluding hydrogens is 256 g/mol. The zero-order chi connectivity index (χ0) is 12.7. The number of alkyl halides is 1. The van der Waals surface area contributed by atoms with Crippen LogP contribution in [0.1, 0.15) is 41.6 Å². The SMILES string of the molecule is CCCC(CCCl)CNC(=O)c1scnc1C. The fraction of sp³-hybridized carbons (Fsp3) is 0.667. The molecule has 1 N–H and O–H groups in total. The lowest BCUT2D eigenvalue weighted by Gasteiger charge is -2.15. The van der Waals surface area contributed by atoms with Crippen molar-refractivity contribution < 1.29 is 4.79 Å². The van der Waals surface area contributed by atoms with Gasteiger partial charge in [-0.3, -0.25) is 4.79 Å². The summed E-state index contributed by atoms with van der Waals surface area (Å²) in [6.07, 6.45) is 3.18. The van der Waals surface area contributed by atoms with E-state index in [1.807, 2.05) is 6.92 Å². The van der Waals surface area contributed by atoms with Gasteiger partial charge in [0.05, 0.1) is 11.2 Å². The third-order valence-electron chi connectivity index (χ3n) is 2.72. The van der Waals surface area contributed by atoms with Gasteiger partial charge in [-0.25, -0.2) is 4.98 Å². The molecule has 1 atom stereocenters. The lowest BCUT2D eigenvalue weighted by molar-refractivity contribution is 0.0949. The van der Waals surface area contributed by atoms with Crippen molar-refractivity contribution in [2.75, 3.05) is 12.4 Å². The van der Waals surface area contributed by atoms with Crippen molar-refractivity contribution in [2.45, 2.75) is 33.1 Å². The molecule has 0 radical (unpaired) electrons. The molecular formula is C12H19ClN2OS. The Morgan fingerprint density at radius 1 is 1.59 bits per heavy atom. The number of nitrogens with one attached hydrogen (secondary N) is 1. The number of hydrogen-bond donors (Lipinski definition) is 1. The van der Waals surface area contributed by atoms with Gasteiger partial charge in [-0.1, -0.05) is 13.3 Å². The van der Waals surface area contributed by atoms with Crippen LogP contribution in [0.2, 0.25) is 0 Å². The molecule has 0 aliphatic rings. The molecule has 17 heavy (non-hydrogen) atoms. The topological polar surface area (TPSA) is 42.0 Å². The highest BCUT2D eigenvalue weighted by molar-refractivity contribution is 7.11. The van der Waals surface area contributed by atoms with Crippen molar-refractivity contribution in [3.05, 3.63) is 16.1 Å². The zero-order valence-electron chi connectivity index (χ0n) is 10.3. The van der Waals surface area contributed by atoms with Crippen molar-refractivity contribution in [2.24, 2.45) is 5.92 Å². The second kappa shape index (κ2) is 7.67. The van der Waals surface area contributed by atoms with Crippen LogP contribution in [0, 0.1) is 12.8 Å². The lowest BCUT2D eigenvalue weighted by atomic mass is 10.0. The highest BCUT2D eigenvalue weighted by Gasteiger charge is 2.13. The number of hydrogen-bond acceptors (Lipinski definition) is 3. The number of halogens is 1. The van der Waals surface area contributed by atoms with E-state index in [0.29, 0.717) is 23.2 Å². The van der Waals surface area contributed by atoms with Gasteiger partial charge in [0.15, 0.2) is 0 Å². The average Bonchev–Trinajstić information content (AvgIpc) is 2.72. The molecule has 0 saturated heterocycles.